The Balaban J connectivity index is 1.53. The van der Waals surface area contributed by atoms with E-state index in [1.54, 1.807) is 17.4 Å². The van der Waals surface area contributed by atoms with Crippen molar-refractivity contribution in [1.82, 2.24) is 5.32 Å². The Morgan fingerprint density at radius 2 is 1.74 bits per heavy atom. The highest BCUT2D eigenvalue weighted by atomic mass is 19.4. The molecule has 1 saturated heterocycles. The van der Waals surface area contributed by atoms with Crippen LogP contribution in [0.25, 0.3) is 0 Å². The van der Waals surface area contributed by atoms with Crippen LogP contribution in [-0.4, -0.2) is 74.9 Å². The number of phenols is 1. The molecule has 0 aromatic heterocycles. The standard InChI is InChI=1S/C29H28F3NO9/c1-12-23(35)19(33-27(39)29(30,31)32)9-20(42-12)41-11-18-14-7-8-28(40,13(2)34)10-17(14)26(38)22-21(18)24(36)15-5-3-4-6-16(15)25(22)37/h3-6,12,19-20,23,35,38,40H,7-11H2,1-2H3,(H,33,39)/t12-,19-,20+,23+,28+/m0/s1. The third-order valence-corrected chi connectivity index (χ3v) is 8.28. The number of nitrogens with one attached hydrogen (secondary N) is 1. The average molecular weight is 592 g/mol. The molecule has 4 N–H and O–H groups in total. The number of rotatable bonds is 5. The van der Waals surface area contributed by atoms with Crippen LogP contribution in [0.1, 0.15) is 75.2 Å². The van der Waals surface area contributed by atoms with Crippen molar-refractivity contribution in [2.75, 3.05) is 0 Å². The molecule has 0 saturated carbocycles. The predicted octanol–water partition coefficient (Wildman–Crippen LogP) is 2.04. The minimum Gasteiger partial charge on any atom is -0.507 e. The lowest BCUT2D eigenvalue weighted by atomic mass is 9.71. The van der Waals surface area contributed by atoms with Crippen LogP contribution in [0.5, 0.6) is 5.75 Å². The first kappa shape index (κ1) is 29.8. The predicted molar refractivity (Wildman–Crippen MR) is 137 cm³/mol. The summed E-state index contributed by atoms with van der Waals surface area (Å²) in [6.45, 7) is 2.19. The van der Waals surface area contributed by atoms with Gasteiger partial charge in [0.2, 0.25) is 0 Å². The fraction of sp³-hybridized carbons (Fsp3) is 0.448. The van der Waals surface area contributed by atoms with Crippen LogP contribution in [-0.2, 0) is 38.5 Å². The third-order valence-electron chi connectivity index (χ3n) is 8.28. The fourth-order valence-electron chi connectivity index (χ4n) is 5.91. The first-order valence-corrected chi connectivity index (χ1v) is 13.3. The molecule has 42 heavy (non-hydrogen) atoms. The number of aliphatic hydroxyl groups excluding tert-OH is 1. The zero-order valence-corrected chi connectivity index (χ0v) is 22.6. The number of halogens is 3. The van der Waals surface area contributed by atoms with E-state index in [-0.39, 0.29) is 59.1 Å². The summed E-state index contributed by atoms with van der Waals surface area (Å²) in [4.78, 5) is 51.0. The van der Waals surface area contributed by atoms with Crippen molar-refractivity contribution in [3.63, 3.8) is 0 Å². The van der Waals surface area contributed by atoms with E-state index in [4.69, 9.17) is 9.47 Å². The highest BCUT2D eigenvalue weighted by Gasteiger charge is 2.46. The zero-order chi connectivity index (χ0) is 30.7. The lowest BCUT2D eigenvalue weighted by Gasteiger charge is -2.39. The quantitative estimate of drug-likeness (QED) is 0.348. The average Bonchev–Trinajstić information content (AvgIpc) is 2.93. The number of ketones is 3. The van der Waals surface area contributed by atoms with E-state index >= 15 is 0 Å². The summed E-state index contributed by atoms with van der Waals surface area (Å²) >= 11 is 0. The van der Waals surface area contributed by atoms with Crippen LogP contribution >= 0.6 is 0 Å². The number of fused-ring (bicyclic) bond motifs is 3. The maximum atomic E-state index is 13.7. The molecule has 1 aliphatic heterocycles. The Labute approximate surface area is 237 Å². The first-order chi connectivity index (χ1) is 19.6. The van der Waals surface area contributed by atoms with Crippen molar-refractivity contribution in [1.29, 1.82) is 0 Å². The monoisotopic (exact) mass is 591 g/mol. The van der Waals surface area contributed by atoms with E-state index in [1.807, 2.05) is 0 Å². The van der Waals surface area contributed by atoms with Crippen LogP contribution in [0.2, 0.25) is 0 Å². The summed E-state index contributed by atoms with van der Waals surface area (Å²) < 4.78 is 50.1. The smallest absolute Gasteiger partial charge is 0.471 e. The van der Waals surface area contributed by atoms with Gasteiger partial charge < -0.3 is 30.1 Å². The summed E-state index contributed by atoms with van der Waals surface area (Å²) in [5.74, 6) is -4.49. The molecule has 5 atom stereocenters. The zero-order valence-electron chi connectivity index (χ0n) is 22.6. The molecular weight excluding hydrogens is 563 g/mol. The Bertz CT molecular complexity index is 1500. The number of amides is 1. The van der Waals surface area contributed by atoms with Crippen LogP contribution in [0, 0.1) is 0 Å². The highest BCUT2D eigenvalue weighted by molar-refractivity contribution is 6.30. The molecule has 13 heteroatoms. The van der Waals surface area contributed by atoms with Crippen LogP contribution in [0.15, 0.2) is 24.3 Å². The number of Topliss-reactive ketones (excluding diaryl/α,β-unsaturated/α-hetero) is 1. The third kappa shape index (κ3) is 5.00. The molecule has 224 valence electrons. The molecule has 3 aliphatic rings. The molecule has 2 aliphatic carbocycles. The molecule has 0 radical (unpaired) electrons. The Kier molecular flexibility index (Phi) is 7.50. The second-order valence-corrected chi connectivity index (χ2v) is 10.9. The van der Waals surface area contributed by atoms with Gasteiger partial charge in [-0.1, -0.05) is 24.3 Å². The van der Waals surface area contributed by atoms with Crippen LogP contribution in [0.3, 0.4) is 0 Å². The number of alkyl halides is 3. The van der Waals surface area contributed by atoms with Gasteiger partial charge in [-0.2, -0.15) is 13.2 Å². The second-order valence-electron chi connectivity index (χ2n) is 10.9. The molecule has 1 amide bonds. The van der Waals surface area contributed by atoms with E-state index in [2.05, 4.69) is 0 Å². The van der Waals surface area contributed by atoms with Crippen molar-refractivity contribution in [2.24, 2.45) is 0 Å². The number of aromatic hydroxyl groups is 1. The Morgan fingerprint density at radius 1 is 1.12 bits per heavy atom. The number of ether oxygens (including phenoxy) is 2. The summed E-state index contributed by atoms with van der Waals surface area (Å²) in [6.07, 6.45) is -9.59. The SMILES string of the molecule is CC(=O)[C@@]1(O)CCc2c(c(O)c3c(c2CO[C@H]2C[C@H](NC(=O)C(F)(F)F)[C@H](O)[C@H](C)O2)C(=O)c2ccccc2C3=O)C1. The van der Waals surface area contributed by atoms with E-state index in [9.17, 15) is 47.7 Å². The number of benzene rings is 2. The molecule has 0 unspecified atom stereocenters. The van der Waals surface area contributed by atoms with Gasteiger partial charge in [0.15, 0.2) is 23.6 Å². The van der Waals surface area contributed by atoms with Crippen molar-refractivity contribution >= 4 is 23.3 Å². The maximum Gasteiger partial charge on any atom is 0.471 e. The number of phenolic OH excluding ortho intramolecular Hbond substituents is 1. The van der Waals surface area contributed by atoms with Gasteiger partial charge in [-0.25, -0.2) is 0 Å². The molecule has 1 fully saturated rings. The first-order valence-electron chi connectivity index (χ1n) is 13.3. The Morgan fingerprint density at radius 3 is 2.33 bits per heavy atom. The largest absolute Gasteiger partial charge is 0.507 e. The second kappa shape index (κ2) is 10.6. The molecule has 0 spiro atoms. The molecule has 5 rings (SSSR count). The number of aliphatic hydroxyl groups is 2. The molecule has 0 bridgehead atoms. The van der Waals surface area contributed by atoms with Gasteiger partial charge in [0, 0.05) is 35.1 Å². The van der Waals surface area contributed by atoms with E-state index in [1.165, 1.54) is 26.0 Å². The molecule has 2 aromatic rings. The maximum absolute atomic E-state index is 13.7. The van der Waals surface area contributed by atoms with Gasteiger partial charge in [0.1, 0.15) is 17.5 Å². The van der Waals surface area contributed by atoms with Gasteiger partial charge in [0.05, 0.1) is 24.3 Å². The number of hydrogen-bond acceptors (Lipinski definition) is 9. The molecule has 2 aromatic carbocycles. The summed E-state index contributed by atoms with van der Waals surface area (Å²) in [5.41, 5.74) is -1.35. The minimum absolute atomic E-state index is 0.0337. The summed E-state index contributed by atoms with van der Waals surface area (Å²) in [5, 5.41) is 34.3. The molecule has 1 heterocycles. The summed E-state index contributed by atoms with van der Waals surface area (Å²) in [6, 6.07) is 4.69. The normalized spacial score (nSPS) is 27.1. The molecule has 10 nitrogen and oxygen atoms in total. The van der Waals surface area contributed by atoms with Gasteiger partial charge in [-0.3, -0.25) is 19.2 Å². The topological polar surface area (TPSA) is 159 Å². The van der Waals surface area contributed by atoms with Gasteiger partial charge in [-0.05, 0) is 37.8 Å². The molecular formula is C29H28F3NO9. The van der Waals surface area contributed by atoms with Crippen molar-refractivity contribution in [3.05, 3.63) is 63.2 Å². The van der Waals surface area contributed by atoms with Crippen molar-refractivity contribution in [2.45, 2.75) is 82.5 Å². The van der Waals surface area contributed by atoms with Gasteiger partial charge in [-0.15, -0.1) is 0 Å². The highest BCUT2D eigenvalue weighted by Crippen LogP contribution is 2.45. The van der Waals surface area contributed by atoms with E-state index in [0.717, 1.165) is 0 Å². The van der Waals surface area contributed by atoms with Crippen LogP contribution in [0.4, 0.5) is 13.2 Å². The number of hydrogen-bond donors (Lipinski definition) is 4. The van der Waals surface area contributed by atoms with E-state index < -0.39 is 71.9 Å². The lowest BCUT2D eigenvalue weighted by molar-refractivity contribution is -0.231. The fourth-order valence-corrected chi connectivity index (χ4v) is 5.91. The van der Waals surface area contributed by atoms with Crippen molar-refractivity contribution in [3.8, 4) is 5.75 Å². The summed E-state index contributed by atoms with van der Waals surface area (Å²) in [7, 11) is 0. The van der Waals surface area contributed by atoms with Gasteiger partial charge >= 0.3 is 12.1 Å². The minimum atomic E-state index is -5.17. The lowest BCUT2D eigenvalue weighted by Crippen LogP contribution is -2.57. The number of carbonyl (C=O) groups is 4. The van der Waals surface area contributed by atoms with Crippen LogP contribution < -0.4 is 5.32 Å². The number of carbonyl (C=O) groups excluding carboxylic acids is 4. The van der Waals surface area contributed by atoms with E-state index in [0.29, 0.717) is 5.56 Å². The van der Waals surface area contributed by atoms with Crippen molar-refractivity contribution < 1.29 is 57.1 Å². The van der Waals surface area contributed by atoms with Gasteiger partial charge in [0.25, 0.3) is 0 Å². The Hall–Kier alpha value is -3.65.